The lowest BCUT2D eigenvalue weighted by Crippen LogP contribution is -2.32. The largest absolute Gasteiger partial charge is 0.481 e. The van der Waals surface area contributed by atoms with Crippen molar-refractivity contribution >= 4 is 5.97 Å². The van der Waals surface area contributed by atoms with Gasteiger partial charge in [0.1, 0.15) is 0 Å². The van der Waals surface area contributed by atoms with E-state index >= 15 is 0 Å². The maximum Gasteiger partial charge on any atom is 0.309 e. The first-order chi connectivity index (χ1) is 7.57. The van der Waals surface area contributed by atoms with Crippen LogP contribution in [0.25, 0.3) is 0 Å². The van der Waals surface area contributed by atoms with Gasteiger partial charge in [-0.1, -0.05) is 46.0 Å². The van der Waals surface area contributed by atoms with Crippen molar-refractivity contribution in [3.05, 3.63) is 0 Å². The topological polar surface area (TPSA) is 37.3 Å². The van der Waals surface area contributed by atoms with E-state index in [1.165, 1.54) is 19.3 Å². The van der Waals surface area contributed by atoms with Crippen LogP contribution in [-0.2, 0) is 4.79 Å². The Hall–Kier alpha value is -0.530. The fourth-order valence-electron chi connectivity index (χ4n) is 2.72. The lowest BCUT2D eigenvalue weighted by atomic mass is 9.72. The Bertz CT molecular complexity index is 213. The average Bonchev–Trinajstić information content (AvgIpc) is 2.15. The van der Waals surface area contributed by atoms with Crippen molar-refractivity contribution in [3.8, 4) is 0 Å². The molecule has 1 rings (SSSR count). The SMILES string of the molecule is CC(C)CCC1(C(=O)O)CCCCCCC1. The summed E-state index contributed by atoms with van der Waals surface area (Å²) in [5.41, 5.74) is -0.398. The fraction of sp³-hybridized carbons (Fsp3) is 0.929. The summed E-state index contributed by atoms with van der Waals surface area (Å²) >= 11 is 0. The van der Waals surface area contributed by atoms with Gasteiger partial charge in [0.2, 0.25) is 0 Å². The van der Waals surface area contributed by atoms with Crippen LogP contribution < -0.4 is 0 Å². The van der Waals surface area contributed by atoms with Gasteiger partial charge in [0.05, 0.1) is 5.41 Å². The van der Waals surface area contributed by atoms with E-state index in [1.54, 1.807) is 0 Å². The summed E-state index contributed by atoms with van der Waals surface area (Å²) in [6.45, 7) is 4.36. The normalized spacial score (nSPS) is 21.4. The number of hydrogen-bond donors (Lipinski definition) is 1. The van der Waals surface area contributed by atoms with Crippen LogP contribution in [0.4, 0.5) is 0 Å². The highest BCUT2D eigenvalue weighted by Gasteiger charge is 2.37. The second-order valence-electron chi connectivity index (χ2n) is 5.79. The molecule has 0 unspecified atom stereocenters. The van der Waals surface area contributed by atoms with Gasteiger partial charge in [0.15, 0.2) is 0 Å². The van der Waals surface area contributed by atoms with E-state index in [0.29, 0.717) is 5.92 Å². The first-order valence-corrected chi connectivity index (χ1v) is 6.80. The van der Waals surface area contributed by atoms with E-state index in [1.807, 2.05) is 0 Å². The van der Waals surface area contributed by atoms with E-state index in [9.17, 15) is 9.90 Å². The standard InChI is InChI=1S/C14H26O2/c1-12(2)8-11-14(13(15)16)9-6-4-3-5-7-10-14/h12H,3-11H2,1-2H3,(H,15,16). The zero-order valence-corrected chi connectivity index (χ0v) is 10.8. The molecule has 0 amide bonds. The Morgan fingerprint density at radius 2 is 1.62 bits per heavy atom. The van der Waals surface area contributed by atoms with Gasteiger partial charge in [0.25, 0.3) is 0 Å². The van der Waals surface area contributed by atoms with Crippen molar-refractivity contribution in [1.82, 2.24) is 0 Å². The number of hydrogen-bond acceptors (Lipinski definition) is 1. The van der Waals surface area contributed by atoms with Crippen LogP contribution in [0.2, 0.25) is 0 Å². The van der Waals surface area contributed by atoms with Gasteiger partial charge >= 0.3 is 5.97 Å². The number of carboxylic acid groups (broad SMARTS) is 1. The van der Waals surface area contributed by atoms with Crippen molar-refractivity contribution in [2.75, 3.05) is 0 Å². The minimum Gasteiger partial charge on any atom is -0.481 e. The molecule has 2 nitrogen and oxygen atoms in total. The molecule has 0 radical (unpaired) electrons. The molecule has 2 heteroatoms. The van der Waals surface area contributed by atoms with Crippen LogP contribution in [-0.4, -0.2) is 11.1 Å². The third kappa shape index (κ3) is 3.80. The molecule has 94 valence electrons. The van der Waals surface area contributed by atoms with Crippen molar-refractivity contribution in [1.29, 1.82) is 0 Å². The summed E-state index contributed by atoms with van der Waals surface area (Å²) < 4.78 is 0. The molecule has 0 atom stereocenters. The molecule has 16 heavy (non-hydrogen) atoms. The van der Waals surface area contributed by atoms with Crippen LogP contribution in [0, 0.1) is 11.3 Å². The van der Waals surface area contributed by atoms with Gasteiger partial charge in [-0.15, -0.1) is 0 Å². The van der Waals surface area contributed by atoms with Crippen molar-refractivity contribution in [2.45, 2.75) is 71.6 Å². The maximum absolute atomic E-state index is 11.6. The summed E-state index contributed by atoms with van der Waals surface area (Å²) in [6.07, 6.45) is 9.65. The molecular formula is C14H26O2. The Labute approximate surface area is 99.4 Å². The molecule has 0 spiro atoms. The molecule has 0 aliphatic heterocycles. The Morgan fingerprint density at radius 3 is 2.06 bits per heavy atom. The molecule has 1 fully saturated rings. The van der Waals surface area contributed by atoms with Crippen molar-refractivity contribution in [2.24, 2.45) is 11.3 Å². The molecule has 0 saturated heterocycles. The van der Waals surface area contributed by atoms with E-state index in [2.05, 4.69) is 13.8 Å². The molecule has 1 N–H and O–H groups in total. The van der Waals surface area contributed by atoms with Crippen LogP contribution in [0.5, 0.6) is 0 Å². The molecule has 0 heterocycles. The maximum atomic E-state index is 11.6. The monoisotopic (exact) mass is 226 g/mol. The van der Waals surface area contributed by atoms with E-state index in [4.69, 9.17) is 0 Å². The first kappa shape index (κ1) is 13.5. The van der Waals surface area contributed by atoms with E-state index < -0.39 is 11.4 Å². The van der Waals surface area contributed by atoms with Crippen LogP contribution in [0.3, 0.4) is 0 Å². The van der Waals surface area contributed by atoms with Crippen LogP contribution in [0.1, 0.15) is 71.6 Å². The number of rotatable bonds is 4. The second kappa shape index (κ2) is 6.27. The molecular weight excluding hydrogens is 200 g/mol. The molecule has 1 saturated carbocycles. The van der Waals surface area contributed by atoms with Crippen LogP contribution >= 0.6 is 0 Å². The van der Waals surface area contributed by atoms with Gasteiger partial charge in [-0.05, 0) is 31.6 Å². The zero-order chi connectivity index (χ0) is 12.0. The molecule has 0 aromatic carbocycles. The first-order valence-electron chi connectivity index (χ1n) is 6.80. The minimum atomic E-state index is -0.546. The van der Waals surface area contributed by atoms with Gasteiger partial charge in [0, 0.05) is 0 Å². The molecule has 0 bridgehead atoms. The molecule has 1 aliphatic rings. The fourth-order valence-corrected chi connectivity index (χ4v) is 2.72. The highest BCUT2D eigenvalue weighted by molar-refractivity contribution is 5.74. The summed E-state index contributed by atoms with van der Waals surface area (Å²) in [5.74, 6) is 0.0664. The zero-order valence-electron chi connectivity index (χ0n) is 10.8. The van der Waals surface area contributed by atoms with Gasteiger partial charge in [-0.3, -0.25) is 4.79 Å². The smallest absolute Gasteiger partial charge is 0.309 e. The quantitative estimate of drug-likeness (QED) is 0.778. The molecule has 0 aromatic rings. The predicted molar refractivity (Wildman–Crippen MR) is 66.5 cm³/mol. The van der Waals surface area contributed by atoms with Gasteiger partial charge < -0.3 is 5.11 Å². The summed E-state index contributed by atoms with van der Waals surface area (Å²) in [7, 11) is 0. The third-order valence-electron chi connectivity index (χ3n) is 3.96. The van der Waals surface area contributed by atoms with Crippen molar-refractivity contribution in [3.63, 3.8) is 0 Å². The minimum absolute atomic E-state index is 0.398. The highest BCUT2D eigenvalue weighted by Crippen LogP contribution is 2.39. The van der Waals surface area contributed by atoms with E-state index in [-0.39, 0.29) is 0 Å². The van der Waals surface area contributed by atoms with E-state index in [0.717, 1.165) is 38.5 Å². The number of carbonyl (C=O) groups is 1. The van der Waals surface area contributed by atoms with Crippen molar-refractivity contribution < 1.29 is 9.90 Å². The number of carboxylic acids is 1. The highest BCUT2D eigenvalue weighted by atomic mass is 16.4. The lowest BCUT2D eigenvalue weighted by molar-refractivity contribution is -0.151. The Kier molecular flexibility index (Phi) is 5.30. The van der Waals surface area contributed by atoms with Crippen LogP contribution in [0.15, 0.2) is 0 Å². The summed E-state index contributed by atoms with van der Waals surface area (Å²) in [5, 5.41) is 9.52. The van der Waals surface area contributed by atoms with Gasteiger partial charge in [-0.25, -0.2) is 0 Å². The molecule has 1 aliphatic carbocycles. The number of aliphatic carboxylic acids is 1. The lowest BCUT2D eigenvalue weighted by Gasteiger charge is -2.32. The molecule has 0 aromatic heterocycles. The summed E-state index contributed by atoms with van der Waals surface area (Å²) in [4.78, 5) is 11.6. The predicted octanol–water partition coefficient (Wildman–Crippen LogP) is 4.24. The average molecular weight is 226 g/mol. The van der Waals surface area contributed by atoms with Gasteiger partial charge in [-0.2, -0.15) is 0 Å². The second-order valence-corrected chi connectivity index (χ2v) is 5.79. The Morgan fingerprint density at radius 1 is 1.12 bits per heavy atom. The third-order valence-corrected chi connectivity index (χ3v) is 3.96. The summed E-state index contributed by atoms with van der Waals surface area (Å²) in [6, 6.07) is 0. The Balaban J connectivity index is 2.63.